The van der Waals surface area contributed by atoms with Crippen molar-refractivity contribution in [1.82, 2.24) is 15.1 Å². The summed E-state index contributed by atoms with van der Waals surface area (Å²) in [4.78, 5) is 29.3. The molecule has 2 aliphatic heterocycles. The molecular weight excluding hydrogens is 315 g/mol. The number of ether oxygens (including phenoxy) is 1. The first-order chi connectivity index (χ1) is 11.5. The van der Waals surface area contributed by atoms with E-state index in [1.165, 1.54) is 18.1 Å². The van der Waals surface area contributed by atoms with Crippen LogP contribution in [0, 0.1) is 5.82 Å². The Morgan fingerprint density at radius 2 is 2.00 bits per heavy atom. The summed E-state index contributed by atoms with van der Waals surface area (Å²) in [7, 11) is 3.11. The molecule has 1 aromatic carbocycles. The minimum Gasteiger partial charge on any atom is -0.494 e. The van der Waals surface area contributed by atoms with Crippen molar-refractivity contribution < 1.29 is 18.7 Å². The van der Waals surface area contributed by atoms with Crippen LogP contribution in [-0.4, -0.2) is 74.7 Å². The number of carbonyl (C=O) groups excluding carboxylic acids is 2. The molecule has 0 spiro atoms. The zero-order valence-corrected chi connectivity index (χ0v) is 13.8. The summed E-state index contributed by atoms with van der Waals surface area (Å²) in [5.74, 6) is -0.233. The van der Waals surface area contributed by atoms with Crippen LogP contribution in [0.15, 0.2) is 18.2 Å². The van der Waals surface area contributed by atoms with Crippen LogP contribution in [0.1, 0.15) is 0 Å². The predicted molar refractivity (Wildman–Crippen MR) is 86.7 cm³/mol. The quantitative estimate of drug-likeness (QED) is 0.873. The maximum absolute atomic E-state index is 13.5. The lowest BCUT2D eigenvalue weighted by molar-refractivity contribution is -0.133. The van der Waals surface area contributed by atoms with Gasteiger partial charge in [-0.1, -0.05) is 0 Å². The van der Waals surface area contributed by atoms with Crippen LogP contribution in [0.2, 0.25) is 0 Å². The second-order valence-corrected chi connectivity index (χ2v) is 6.01. The molecule has 0 bridgehead atoms. The number of halogens is 1. The summed E-state index contributed by atoms with van der Waals surface area (Å²) in [5, 5.41) is 2.69. The van der Waals surface area contributed by atoms with E-state index >= 15 is 0 Å². The van der Waals surface area contributed by atoms with Crippen LogP contribution in [0.4, 0.5) is 14.9 Å². The molecule has 0 aromatic heterocycles. The maximum atomic E-state index is 13.5. The third kappa shape index (κ3) is 3.08. The van der Waals surface area contributed by atoms with Gasteiger partial charge in [0.2, 0.25) is 5.91 Å². The number of likely N-dealkylation sites (N-methyl/N-ethyl adjacent to an activating group) is 1. The van der Waals surface area contributed by atoms with Gasteiger partial charge in [-0.15, -0.1) is 0 Å². The molecule has 2 aliphatic rings. The Morgan fingerprint density at radius 1 is 1.29 bits per heavy atom. The van der Waals surface area contributed by atoms with Crippen LogP contribution in [0.5, 0.6) is 5.75 Å². The number of rotatable bonds is 3. The van der Waals surface area contributed by atoms with Crippen molar-refractivity contribution in [3.63, 3.8) is 0 Å². The second-order valence-electron chi connectivity index (χ2n) is 6.01. The number of amides is 3. The fraction of sp³-hybridized carbons (Fsp3) is 0.500. The zero-order chi connectivity index (χ0) is 17.3. The Morgan fingerprint density at radius 3 is 2.58 bits per heavy atom. The lowest BCUT2D eigenvalue weighted by Crippen LogP contribution is -2.54. The van der Waals surface area contributed by atoms with E-state index in [-0.39, 0.29) is 17.7 Å². The highest BCUT2D eigenvalue weighted by Crippen LogP contribution is 2.25. The molecule has 1 atom stereocenters. The summed E-state index contributed by atoms with van der Waals surface area (Å²) >= 11 is 0. The number of hydrogen-bond donors (Lipinski definition) is 1. The van der Waals surface area contributed by atoms with Gasteiger partial charge in [-0.3, -0.25) is 4.79 Å². The molecule has 3 amide bonds. The lowest BCUT2D eigenvalue weighted by atomic mass is 10.2. The van der Waals surface area contributed by atoms with Crippen LogP contribution >= 0.6 is 0 Å². The summed E-state index contributed by atoms with van der Waals surface area (Å²) in [6.45, 7) is 2.82. The van der Waals surface area contributed by atoms with Crippen molar-refractivity contribution in [3.8, 4) is 5.75 Å². The molecule has 2 saturated heterocycles. The van der Waals surface area contributed by atoms with Crippen molar-refractivity contribution in [3.05, 3.63) is 24.0 Å². The lowest BCUT2D eigenvalue weighted by Gasteiger charge is -2.37. The highest BCUT2D eigenvalue weighted by atomic mass is 19.1. The van der Waals surface area contributed by atoms with Crippen molar-refractivity contribution in [2.75, 3.05) is 51.8 Å². The van der Waals surface area contributed by atoms with Crippen LogP contribution in [0.25, 0.3) is 0 Å². The minimum atomic E-state index is -0.472. The minimum absolute atomic E-state index is 0.0518. The number of anilines is 1. The fourth-order valence-corrected chi connectivity index (χ4v) is 3.05. The number of piperazine rings is 1. The van der Waals surface area contributed by atoms with E-state index in [9.17, 15) is 14.0 Å². The molecule has 1 N–H and O–H groups in total. The SMILES string of the molecule is COc1cc(N2CCN(C(=O)C3CN(C)C(=O)N3)CC2)ccc1F. The molecule has 2 fully saturated rings. The number of nitrogens with one attached hydrogen (secondary N) is 1. The topological polar surface area (TPSA) is 65.1 Å². The molecule has 8 heteroatoms. The Bertz CT molecular complexity index is 646. The number of carbonyl (C=O) groups is 2. The number of methoxy groups -OCH3 is 1. The van der Waals surface area contributed by atoms with Gasteiger partial charge in [0.25, 0.3) is 0 Å². The molecule has 2 heterocycles. The molecule has 0 saturated carbocycles. The third-order valence-corrected chi connectivity index (χ3v) is 4.49. The molecular formula is C16H21FN4O3. The van der Waals surface area contributed by atoms with E-state index in [0.29, 0.717) is 32.7 Å². The molecule has 0 aliphatic carbocycles. The largest absolute Gasteiger partial charge is 0.494 e. The van der Waals surface area contributed by atoms with E-state index in [2.05, 4.69) is 10.2 Å². The molecule has 24 heavy (non-hydrogen) atoms. The Labute approximate surface area is 140 Å². The highest BCUT2D eigenvalue weighted by Gasteiger charge is 2.35. The predicted octanol–water partition coefficient (Wildman–Crippen LogP) is 0.506. The van der Waals surface area contributed by atoms with Crippen LogP contribution in [0.3, 0.4) is 0 Å². The standard InChI is InChI=1S/C16H21FN4O3/c1-19-10-13(18-16(19)23)15(22)21-7-5-20(6-8-21)11-3-4-12(17)14(9-11)24-2/h3-4,9,13H,5-8,10H2,1-2H3,(H,18,23). The monoisotopic (exact) mass is 336 g/mol. The summed E-state index contributed by atoms with van der Waals surface area (Å²) in [5.41, 5.74) is 0.870. The number of urea groups is 1. The zero-order valence-electron chi connectivity index (χ0n) is 13.8. The van der Waals surface area contributed by atoms with E-state index in [1.807, 2.05) is 0 Å². The van der Waals surface area contributed by atoms with E-state index in [4.69, 9.17) is 4.74 Å². The average Bonchev–Trinajstić information content (AvgIpc) is 2.94. The molecule has 3 rings (SSSR count). The van der Waals surface area contributed by atoms with Gasteiger partial charge in [0.05, 0.1) is 13.7 Å². The first-order valence-corrected chi connectivity index (χ1v) is 7.88. The first-order valence-electron chi connectivity index (χ1n) is 7.88. The Hall–Kier alpha value is -2.51. The molecule has 130 valence electrons. The molecule has 1 unspecified atom stereocenters. The number of nitrogens with zero attached hydrogens (tertiary/aromatic N) is 3. The summed E-state index contributed by atoms with van der Waals surface area (Å²) in [6.07, 6.45) is 0. The average molecular weight is 336 g/mol. The van der Waals surface area contributed by atoms with Gasteiger partial charge in [0, 0.05) is 45.0 Å². The maximum Gasteiger partial charge on any atom is 0.317 e. The summed E-state index contributed by atoms with van der Waals surface area (Å²) < 4.78 is 18.5. The Kier molecular flexibility index (Phi) is 4.46. The van der Waals surface area contributed by atoms with Crippen LogP contribution < -0.4 is 15.0 Å². The smallest absolute Gasteiger partial charge is 0.317 e. The molecule has 7 nitrogen and oxygen atoms in total. The van der Waals surface area contributed by atoms with Gasteiger partial charge in [-0.2, -0.15) is 0 Å². The summed E-state index contributed by atoms with van der Waals surface area (Å²) in [6, 6.07) is 4.07. The van der Waals surface area contributed by atoms with Gasteiger partial charge >= 0.3 is 6.03 Å². The van der Waals surface area contributed by atoms with Gasteiger partial charge < -0.3 is 24.8 Å². The van der Waals surface area contributed by atoms with E-state index in [0.717, 1.165) is 5.69 Å². The second kappa shape index (κ2) is 6.54. The first kappa shape index (κ1) is 16.4. The van der Waals surface area contributed by atoms with Crippen molar-refractivity contribution in [2.45, 2.75) is 6.04 Å². The van der Waals surface area contributed by atoms with Crippen LogP contribution in [-0.2, 0) is 4.79 Å². The normalized spacial score (nSPS) is 21.0. The number of hydrogen-bond acceptors (Lipinski definition) is 4. The van der Waals surface area contributed by atoms with Gasteiger partial charge in [0.15, 0.2) is 11.6 Å². The molecule has 0 radical (unpaired) electrons. The highest BCUT2D eigenvalue weighted by molar-refractivity contribution is 5.90. The van der Waals surface area contributed by atoms with Crippen molar-refractivity contribution in [2.24, 2.45) is 0 Å². The van der Waals surface area contributed by atoms with Gasteiger partial charge in [-0.25, -0.2) is 9.18 Å². The van der Waals surface area contributed by atoms with E-state index in [1.54, 1.807) is 24.1 Å². The molecule has 1 aromatic rings. The Balaban J connectivity index is 1.60. The third-order valence-electron chi connectivity index (χ3n) is 4.49. The van der Waals surface area contributed by atoms with Crippen molar-refractivity contribution in [1.29, 1.82) is 0 Å². The fourth-order valence-electron chi connectivity index (χ4n) is 3.05. The van der Waals surface area contributed by atoms with Crippen molar-refractivity contribution >= 4 is 17.6 Å². The van der Waals surface area contributed by atoms with Gasteiger partial charge in [0.1, 0.15) is 6.04 Å². The van der Waals surface area contributed by atoms with E-state index < -0.39 is 11.9 Å². The number of benzene rings is 1. The van der Waals surface area contributed by atoms with Gasteiger partial charge in [-0.05, 0) is 12.1 Å².